The van der Waals surface area contributed by atoms with Crippen LogP contribution in [0.3, 0.4) is 0 Å². The van der Waals surface area contributed by atoms with Crippen molar-refractivity contribution < 1.29 is 19.2 Å². The summed E-state index contributed by atoms with van der Waals surface area (Å²) in [4.78, 5) is 13.0. The zero-order valence-electron chi connectivity index (χ0n) is 18.8. The summed E-state index contributed by atoms with van der Waals surface area (Å²) < 4.78 is 19.2. The molecule has 1 heterocycles. The van der Waals surface area contributed by atoms with Crippen molar-refractivity contribution in [2.75, 3.05) is 0 Å². The van der Waals surface area contributed by atoms with Crippen LogP contribution in [0.2, 0.25) is 0 Å². The molecule has 0 aliphatic rings. The van der Waals surface area contributed by atoms with Crippen molar-refractivity contribution in [3.8, 4) is 22.9 Å². The van der Waals surface area contributed by atoms with Crippen LogP contribution in [0.15, 0.2) is 70.5 Å². The van der Waals surface area contributed by atoms with Gasteiger partial charge in [-0.1, -0.05) is 37.6 Å². The average molecular weight is 501 g/mol. The van der Waals surface area contributed by atoms with E-state index in [-0.39, 0.29) is 53.3 Å². The number of ether oxygens (including phenoxy) is 1. The van der Waals surface area contributed by atoms with Crippen LogP contribution in [-0.4, -0.2) is 65.6 Å². The summed E-state index contributed by atoms with van der Waals surface area (Å²) in [5.74, 6) is 0.745. The van der Waals surface area contributed by atoms with Crippen LogP contribution in [0.5, 0.6) is 11.5 Å². The summed E-state index contributed by atoms with van der Waals surface area (Å²) in [6.45, 7) is 3.65. The summed E-state index contributed by atoms with van der Waals surface area (Å²) in [6.07, 6.45) is 1.38. The number of rotatable bonds is 9. The molecule has 3 aromatic carbocycles. The molecule has 0 spiro atoms. The van der Waals surface area contributed by atoms with Gasteiger partial charge < -0.3 is 14.4 Å². The van der Waals surface area contributed by atoms with Crippen molar-refractivity contribution >= 4 is 46.5 Å². The van der Waals surface area contributed by atoms with E-state index in [2.05, 4.69) is 20.6 Å². The Labute approximate surface area is 228 Å². The van der Waals surface area contributed by atoms with Crippen LogP contribution in [0.25, 0.3) is 11.4 Å². The Hall–Kier alpha value is -2.69. The van der Waals surface area contributed by atoms with Gasteiger partial charge in [0.25, 0.3) is 0 Å². The molecule has 0 fully saturated rings. The summed E-state index contributed by atoms with van der Waals surface area (Å²) >= 11 is -1.42. The molecule has 8 nitrogen and oxygen atoms in total. The molecule has 1 atom stereocenters. The number of tetrazole rings is 1. The first kappa shape index (κ1) is 26.9. The van der Waals surface area contributed by atoms with Crippen molar-refractivity contribution in [1.82, 2.24) is 20.6 Å². The fourth-order valence-electron chi connectivity index (χ4n) is 3.61. The molecule has 176 valence electrons. The summed E-state index contributed by atoms with van der Waals surface area (Å²) in [5.41, 5.74) is 2.46. The van der Waals surface area contributed by atoms with Crippen LogP contribution < -0.4 is 4.74 Å². The number of phenolic OH excluding ortho intramolecular Hbond substituents is 1. The van der Waals surface area contributed by atoms with Crippen LogP contribution in [-0.2, 0) is 24.2 Å². The van der Waals surface area contributed by atoms with Crippen molar-refractivity contribution in [2.24, 2.45) is 0 Å². The molecule has 0 radical (unpaired) electrons. The topological polar surface area (TPSA) is 124 Å². The Balaban J connectivity index is 0.00000342. The molecule has 1 aromatic heterocycles. The van der Waals surface area contributed by atoms with Crippen LogP contribution in [0.4, 0.5) is 0 Å². The van der Waals surface area contributed by atoms with Gasteiger partial charge in [0.1, 0.15) is 18.1 Å². The van der Waals surface area contributed by atoms with Crippen molar-refractivity contribution in [3.63, 3.8) is 0 Å². The first-order valence-corrected chi connectivity index (χ1v) is 12.0. The van der Waals surface area contributed by atoms with Gasteiger partial charge in [0.2, 0.25) is 5.82 Å². The molecule has 0 aliphatic carbocycles. The normalized spacial score (nSPS) is 11.5. The van der Waals surface area contributed by atoms with E-state index in [1.165, 1.54) is 6.92 Å². The van der Waals surface area contributed by atoms with E-state index in [0.29, 0.717) is 33.3 Å². The number of Topliss-reactive ketones (excluding diaryl/α,β-unsaturated/α-hetero) is 1. The molecule has 0 saturated carbocycles. The number of hydrogen-bond acceptors (Lipinski definition) is 7. The Morgan fingerprint density at radius 1 is 1.11 bits per heavy atom. The molecule has 35 heavy (non-hydrogen) atoms. The summed E-state index contributed by atoms with van der Waals surface area (Å²) in [6, 6.07) is 17.9. The summed E-state index contributed by atoms with van der Waals surface area (Å²) in [5, 5.41) is 24.5. The molecule has 0 amide bonds. The number of carbonyl (C=O) groups is 1. The predicted octanol–water partition coefficient (Wildman–Crippen LogP) is 3.82. The number of nitrogens with one attached hydrogen (secondary N) is 1. The Morgan fingerprint density at radius 2 is 1.86 bits per heavy atom. The number of nitrogens with zero attached hydrogens (tertiary/aromatic N) is 3. The van der Waals surface area contributed by atoms with Crippen LogP contribution >= 0.6 is 0 Å². The number of phenols is 1. The summed E-state index contributed by atoms with van der Waals surface area (Å²) in [7, 11) is 0. The number of aromatic nitrogens is 4. The van der Waals surface area contributed by atoms with Gasteiger partial charge in [0.15, 0.2) is 15.6 Å². The monoisotopic (exact) mass is 500 g/mol. The fourth-order valence-corrected chi connectivity index (χ4v) is 4.78. The van der Waals surface area contributed by atoms with E-state index < -0.39 is 11.2 Å². The molecule has 0 bridgehead atoms. The third-order valence-corrected chi connectivity index (χ3v) is 6.64. The second kappa shape index (κ2) is 12.3. The predicted molar refractivity (Wildman–Crippen MR) is 134 cm³/mol. The SMILES string of the molecule is CCCc1c(OCc2cccc([S+]([O-])c3cccc(-c4nn[nH]n4)c3)c2)ccc(C(C)=O)c1O.[NaH]. The Morgan fingerprint density at radius 3 is 2.54 bits per heavy atom. The van der Waals surface area contributed by atoms with Crippen molar-refractivity contribution in [1.29, 1.82) is 0 Å². The minimum absolute atomic E-state index is 0. The number of benzene rings is 3. The molecule has 4 rings (SSSR count). The molecule has 1 unspecified atom stereocenters. The van der Waals surface area contributed by atoms with Gasteiger partial charge >= 0.3 is 29.6 Å². The molecule has 4 aromatic rings. The molecule has 10 heteroatoms. The molecule has 0 saturated heterocycles. The van der Waals surface area contributed by atoms with Gasteiger partial charge in [-0.25, -0.2) is 0 Å². The Kier molecular flexibility index (Phi) is 9.47. The van der Waals surface area contributed by atoms with Crippen molar-refractivity contribution in [3.05, 3.63) is 77.4 Å². The van der Waals surface area contributed by atoms with E-state index in [4.69, 9.17) is 4.74 Å². The minimum atomic E-state index is -1.42. The zero-order valence-corrected chi connectivity index (χ0v) is 19.6. The second-order valence-electron chi connectivity index (χ2n) is 7.71. The number of ketones is 1. The van der Waals surface area contributed by atoms with Gasteiger partial charge in [-0.2, -0.15) is 5.21 Å². The number of hydrogen-bond donors (Lipinski definition) is 2. The van der Waals surface area contributed by atoms with E-state index in [0.717, 1.165) is 17.5 Å². The zero-order chi connectivity index (χ0) is 24.1. The van der Waals surface area contributed by atoms with Crippen molar-refractivity contribution in [2.45, 2.75) is 43.1 Å². The number of H-pyrrole nitrogens is 1. The second-order valence-corrected chi connectivity index (χ2v) is 9.19. The third-order valence-electron chi connectivity index (χ3n) is 5.28. The third kappa shape index (κ3) is 6.31. The van der Waals surface area contributed by atoms with Gasteiger partial charge in [0.05, 0.1) is 5.56 Å². The Bertz CT molecular complexity index is 1300. The number of aromatic hydroxyl groups is 1. The first-order chi connectivity index (χ1) is 16.5. The van der Waals surface area contributed by atoms with Gasteiger partial charge in [-0.15, -0.1) is 10.2 Å². The molecule has 0 aliphatic heterocycles. The number of carbonyl (C=O) groups excluding carboxylic acids is 1. The molecular formula is C25H25N4NaO4S. The van der Waals surface area contributed by atoms with Crippen LogP contribution in [0.1, 0.15) is 41.8 Å². The molecular weight excluding hydrogens is 475 g/mol. The van der Waals surface area contributed by atoms with Gasteiger partial charge in [0, 0.05) is 34.4 Å². The van der Waals surface area contributed by atoms with Gasteiger partial charge in [-0.3, -0.25) is 4.79 Å². The average Bonchev–Trinajstić information content (AvgIpc) is 3.39. The maximum atomic E-state index is 13.2. The maximum absolute atomic E-state index is 13.2. The van der Waals surface area contributed by atoms with E-state index in [1.54, 1.807) is 36.4 Å². The standard InChI is InChI=1S/C25H24N4O4S.Na.H/c1-3-6-22-23(12-11-21(16(2)30)24(22)31)33-15-17-7-4-9-19(13-17)34(32)20-10-5-8-18(14-20)25-26-28-29-27-25;;/h4-5,7-14,31H,3,6,15H2,1-2H3,(H,26,27,28,29);;. The van der Waals surface area contributed by atoms with Gasteiger partial charge in [-0.05, 0) is 48.4 Å². The first-order valence-electron chi connectivity index (χ1n) is 10.8. The molecule has 2 N–H and O–H groups in total. The quantitative estimate of drug-likeness (QED) is 0.203. The van der Waals surface area contributed by atoms with E-state index in [1.807, 2.05) is 31.2 Å². The van der Waals surface area contributed by atoms with E-state index in [9.17, 15) is 14.5 Å². The van der Waals surface area contributed by atoms with Crippen LogP contribution in [0, 0.1) is 0 Å². The fraction of sp³-hybridized carbons (Fsp3) is 0.200. The van der Waals surface area contributed by atoms with E-state index >= 15 is 0 Å². The number of aromatic amines is 1.